The van der Waals surface area contributed by atoms with Gasteiger partial charge in [0.15, 0.2) is 5.75 Å². The highest BCUT2D eigenvalue weighted by molar-refractivity contribution is 5.71. The maximum absolute atomic E-state index is 14.2. The van der Waals surface area contributed by atoms with E-state index in [9.17, 15) is 9.18 Å². The number of carbonyl (C=O) groups is 1. The van der Waals surface area contributed by atoms with Crippen molar-refractivity contribution in [3.8, 4) is 5.75 Å². The molecule has 1 saturated heterocycles. The topological polar surface area (TPSA) is 65.0 Å². The van der Waals surface area contributed by atoms with Crippen LogP contribution in [-0.2, 0) is 6.42 Å². The summed E-state index contributed by atoms with van der Waals surface area (Å²) in [5.41, 5.74) is 5.90. The van der Waals surface area contributed by atoms with Crippen molar-refractivity contribution in [2.45, 2.75) is 33.2 Å². The van der Waals surface area contributed by atoms with Gasteiger partial charge >= 0.3 is 6.16 Å². The van der Waals surface area contributed by atoms with Crippen LogP contribution in [0.2, 0.25) is 0 Å². The zero-order valence-corrected chi connectivity index (χ0v) is 20.9. The number of hydrogen-bond donors (Lipinski definition) is 2. The first-order valence-electron chi connectivity index (χ1n) is 12.4. The number of aryl methyl sites for hydroxylation is 1. The Morgan fingerprint density at radius 3 is 2.47 bits per heavy atom. The largest absolute Gasteiger partial charge is 0.511 e. The first-order valence-corrected chi connectivity index (χ1v) is 12.4. The molecule has 6 nitrogen and oxygen atoms in total. The van der Waals surface area contributed by atoms with Crippen LogP contribution in [0.5, 0.6) is 5.75 Å². The number of para-hydroxylation sites is 1. The van der Waals surface area contributed by atoms with E-state index in [0.29, 0.717) is 12.1 Å². The molecule has 2 aliphatic heterocycles. The third-order valence-electron chi connectivity index (χ3n) is 7.37. The van der Waals surface area contributed by atoms with Crippen LogP contribution in [0.4, 0.5) is 26.2 Å². The molecular formula is C29H32FN3O3. The normalized spacial score (nSPS) is 18.8. The van der Waals surface area contributed by atoms with Crippen LogP contribution in [0, 0.1) is 18.2 Å². The van der Waals surface area contributed by atoms with Crippen molar-refractivity contribution >= 4 is 23.2 Å². The Bertz CT molecular complexity index is 1280. The van der Waals surface area contributed by atoms with Crippen LogP contribution in [0.25, 0.3) is 0 Å². The minimum atomic E-state index is -1.46. The minimum absolute atomic E-state index is 0.00137. The summed E-state index contributed by atoms with van der Waals surface area (Å²) < 4.78 is 19.1. The lowest BCUT2D eigenvalue weighted by Crippen LogP contribution is -2.46. The molecular weight excluding hydrogens is 457 g/mol. The molecule has 0 aliphatic carbocycles. The van der Waals surface area contributed by atoms with Crippen LogP contribution in [-0.4, -0.2) is 37.4 Å². The van der Waals surface area contributed by atoms with Gasteiger partial charge < -0.3 is 25.0 Å². The zero-order valence-electron chi connectivity index (χ0n) is 20.9. The Morgan fingerprint density at radius 2 is 1.75 bits per heavy atom. The molecule has 0 bridgehead atoms. The number of hydrogen-bond acceptors (Lipinski definition) is 5. The molecule has 0 spiro atoms. The van der Waals surface area contributed by atoms with Gasteiger partial charge in [0.25, 0.3) is 0 Å². The van der Waals surface area contributed by atoms with Crippen molar-refractivity contribution in [3.63, 3.8) is 0 Å². The SMILES string of the molecule is Cc1ccccc1N1CCN(c2cccc(C3Nc4c(cc(F)cc4OC(=O)O)CC3(C)C)c2)CC1. The number of piperazine rings is 1. The second kappa shape index (κ2) is 9.37. The highest BCUT2D eigenvalue weighted by atomic mass is 19.1. The fourth-order valence-electron chi connectivity index (χ4n) is 5.61. The molecule has 3 aromatic rings. The second-order valence-electron chi connectivity index (χ2n) is 10.4. The Hall–Kier alpha value is -3.74. The van der Waals surface area contributed by atoms with Crippen molar-refractivity contribution in [2.75, 3.05) is 41.3 Å². The van der Waals surface area contributed by atoms with E-state index in [2.05, 4.69) is 84.4 Å². The molecule has 0 saturated carbocycles. The summed E-state index contributed by atoms with van der Waals surface area (Å²) in [5.74, 6) is -0.505. The minimum Gasteiger partial charge on any atom is -0.449 e. The molecule has 0 radical (unpaired) electrons. The van der Waals surface area contributed by atoms with Gasteiger partial charge in [0, 0.05) is 43.6 Å². The molecule has 0 amide bonds. The van der Waals surface area contributed by atoms with E-state index in [1.54, 1.807) is 0 Å². The molecule has 3 aromatic carbocycles. The van der Waals surface area contributed by atoms with Crippen molar-refractivity contribution in [2.24, 2.45) is 5.41 Å². The number of benzene rings is 3. The monoisotopic (exact) mass is 489 g/mol. The van der Waals surface area contributed by atoms with E-state index in [4.69, 9.17) is 9.84 Å². The molecule has 0 aromatic heterocycles. The van der Waals surface area contributed by atoms with Crippen molar-refractivity contribution in [1.29, 1.82) is 0 Å². The second-order valence-corrected chi connectivity index (χ2v) is 10.4. The van der Waals surface area contributed by atoms with Crippen molar-refractivity contribution < 1.29 is 19.0 Å². The zero-order chi connectivity index (χ0) is 25.4. The van der Waals surface area contributed by atoms with E-state index < -0.39 is 12.0 Å². The predicted molar refractivity (Wildman–Crippen MR) is 141 cm³/mol. The van der Waals surface area contributed by atoms with Crippen LogP contribution in [0.15, 0.2) is 60.7 Å². The lowest BCUT2D eigenvalue weighted by molar-refractivity contribution is 0.144. The molecule has 5 rings (SSSR count). The fourth-order valence-corrected chi connectivity index (χ4v) is 5.61. The van der Waals surface area contributed by atoms with Crippen LogP contribution in [0.1, 0.15) is 36.6 Å². The summed E-state index contributed by atoms with van der Waals surface area (Å²) in [7, 11) is 0. The standard InChI is InChI=1S/C29H32FN3O3/c1-19-7-4-5-10-24(19)33-13-11-32(12-14-33)23-9-6-8-20(16-23)27-29(2,3)18-21-15-22(30)17-25(26(21)31-27)36-28(34)35/h4-10,15-17,27,31H,11-14,18H2,1-3H3,(H,34,35). The van der Waals surface area contributed by atoms with Gasteiger partial charge in [-0.3, -0.25) is 0 Å². The summed E-state index contributed by atoms with van der Waals surface area (Å²) in [6.45, 7) is 10.2. The van der Waals surface area contributed by atoms with Gasteiger partial charge in [-0.2, -0.15) is 0 Å². The molecule has 188 valence electrons. The molecule has 2 N–H and O–H groups in total. The van der Waals surface area contributed by atoms with Gasteiger partial charge in [0.05, 0.1) is 11.7 Å². The Labute approximate surface area is 211 Å². The third-order valence-corrected chi connectivity index (χ3v) is 7.37. The van der Waals surface area contributed by atoms with E-state index in [-0.39, 0.29) is 17.2 Å². The van der Waals surface area contributed by atoms with Crippen molar-refractivity contribution in [1.82, 2.24) is 0 Å². The van der Waals surface area contributed by atoms with Crippen LogP contribution >= 0.6 is 0 Å². The molecule has 1 atom stereocenters. The first kappa shape index (κ1) is 24.0. The Kier molecular flexibility index (Phi) is 6.24. The van der Waals surface area contributed by atoms with Gasteiger partial charge in [-0.15, -0.1) is 0 Å². The van der Waals surface area contributed by atoms with Gasteiger partial charge in [0.2, 0.25) is 0 Å². The van der Waals surface area contributed by atoms with Gasteiger partial charge in [-0.1, -0.05) is 44.2 Å². The highest BCUT2D eigenvalue weighted by Crippen LogP contribution is 2.48. The van der Waals surface area contributed by atoms with Crippen LogP contribution in [0.3, 0.4) is 0 Å². The van der Waals surface area contributed by atoms with Gasteiger partial charge in [0.1, 0.15) is 5.82 Å². The summed E-state index contributed by atoms with van der Waals surface area (Å²) in [6, 6.07) is 19.5. The Morgan fingerprint density at radius 1 is 1.03 bits per heavy atom. The lowest BCUT2D eigenvalue weighted by atomic mass is 9.72. The number of anilines is 3. The first-order chi connectivity index (χ1) is 17.2. The Balaban J connectivity index is 1.38. The summed E-state index contributed by atoms with van der Waals surface area (Å²) in [5, 5.41) is 12.6. The molecule has 7 heteroatoms. The van der Waals surface area contributed by atoms with E-state index >= 15 is 0 Å². The quantitative estimate of drug-likeness (QED) is 0.333. The number of ether oxygens (including phenoxy) is 1. The van der Waals surface area contributed by atoms with Gasteiger partial charge in [-0.05, 0) is 59.7 Å². The average Bonchev–Trinajstić information content (AvgIpc) is 2.83. The van der Waals surface area contributed by atoms with E-state index in [1.165, 1.54) is 23.0 Å². The lowest BCUT2D eigenvalue weighted by Gasteiger charge is -2.42. The molecule has 1 fully saturated rings. The number of nitrogens with one attached hydrogen (secondary N) is 1. The number of fused-ring (bicyclic) bond motifs is 1. The maximum atomic E-state index is 14.2. The fraction of sp³-hybridized carbons (Fsp3) is 0.345. The van der Waals surface area contributed by atoms with E-state index in [0.717, 1.165) is 43.4 Å². The van der Waals surface area contributed by atoms with Crippen LogP contribution < -0.4 is 19.9 Å². The molecule has 2 aliphatic rings. The van der Waals surface area contributed by atoms with Crippen molar-refractivity contribution in [3.05, 3.63) is 83.2 Å². The number of nitrogens with zero attached hydrogens (tertiary/aromatic N) is 2. The van der Waals surface area contributed by atoms with E-state index in [1.807, 2.05) is 0 Å². The van der Waals surface area contributed by atoms with Gasteiger partial charge in [-0.25, -0.2) is 9.18 Å². The molecule has 1 unspecified atom stereocenters. The summed E-state index contributed by atoms with van der Waals surface area (Å²) >= 11 is 0. The number of halogens is 1. The number of carboxylic acid groups (broad SMARTS) is 1. The third kappa shape index (κ3) is 4.70. The molecule has 36 heavy (non-hydrogen) atoms. The summed E-state index contributed by atoms with van der Waals surface area (Å²) in [4.78, 5) is 16.1. The average molecular weight is 490 g/mol. The number of rotatable bonds is 4. The predicted octanol–water partition coefficient (Wildman–Crippen LogP) is 6.25. The smallest absolute Gasteiger partial charge is 0.449 e. The highest BCUT2D eigenvalue weighted by Gasteiger charge is 2.38. The maximum Gasteiger partial charge on any atom is 0.511 e. The summed E-state index contributed by atoms with van der Waals surface area (Å²) in [6.07, 6.45) is -0.870. The molecule has 2 heterocycles.